The van der Waals surface area contributed by atoms with Gasteiger partial charge < -0.3 is 4.90 Å². The van der Waals surface area contributed by atoms with Gasteiger partial charge in [0.15, 0.2) is 0 Å². The first-order chi connectivity index (χ1) is 7.22. The van der Waals surface area contributed by atoms with Crippen molar-refractivity contribution in [2.24, 2.45) is 0 Å². The molecule has 0 bridgehead atoms. The SMILES string of the molecule is CCCCN1C(=O)Cc2cc(I)ccc21. The molecular weight excluding hydrogens is 301 g/mol. The molecule has 0 radical (unpaired) electrons. The number of hydrogen-bond donors (Lipinski definition) is 0. The summed E-state index contributed by atoms with van der Waals surface area (Å²) in [7, 11) is 0. The summed E-state index contributed by atoms with van der Waals surface area (Å²) < 4.78 is 1.21. The van der Waals surface area contributed by atoms with E-state index in [-0.39, 0.29) is 5.91 Å². The number of halogens is 1. The van der Waals surface area contributed by atoms with E-state index in [4.69, 9.17) is 0 Å². The van der Waals surface area contributed by atoms with Crippen LogP contribution in [0.3, 0.4) is 0 Å². The van der Waals surface area contributed by atoms with Gasteiger partial charge in [0.2, 0.25) is 5.91 Å². The molecule has 0 saturated carbocycles. The van der Waals surface area contributed by atoms with Crippen molar-refractivity contribution in [3.63, 3.8) is 0 Å². The molecule has 1 aromatic carbocycles. The second-order valence-corrected chi connectivity index (χ2v) is 5.09. The lowest BCUT2D eigenvalue weighted by atomic mass is 10.2. The Hall–Kier alpha value is -0.580. The highest BCUT2D eigenvalue weighted by molar-refractivity contribution is 14.1. The molecule has 0 N–H and O–H groups in total. The van der Waals surface area contributed by atoms with Crippen LogP contribution in [0, 0.1) is 3.57 Å². The zero-order valence-electron chi connectivity index (χ0n) is 8.79. The average Bonchev–Trinajstić information content (AvgIpc) is 2.50. The monoisotopic (exact) mass is 315 g/mol. The van der Waals surface area contributed by atoms with Gasteiger partial charge >= 0.3 is 0 Å². The van der Waals surface area contributed by atoms with Crippen molar-refractivity contribution in [2.45, 2.75) is 26.2 Å². The number of carbonyl (C=O) groups excluding carboxylic acids is 1. The Bertz CT molecular complexity index is 389. The van der Waals surface area contributed by atoms with Gasteiger partial charge in [-0.3, -0.25) is 4.79 Å². The predicted octanol–water partition coefficient (Wildman–Crippen LogP) is 2.98. The molecule has 0 atom stereocenters. The normalized spacial score (nSPS) is 14.5. The maximum absolute atomic E-state index is 11.8. The molecule has 0 aromatic heterocycles. The second-order valence-electron chi connectivity index (χ2n) is 3.85. The maximum atomic E-state index is 11.8. The molecule has 3 heteroatoms. The Kier molecular flexibility index (Phi) is 3.29. The van der Waals surface area contributed by atoms with Crippen LogP contribution in [0.2, 0.25) is 0 Å². The van der Waals surface area contributed by atoms with Crippen molar-refractivity contribution in [2.75, 3.05) is 11.4 Å². The van der Waals surface area contributed by atoms with Gasteiger partial charge in [0.05, 0.1) is 6.42 Å². The number of hydrogen-bond acceptors (Lipinski definition) is 1. The number of unbranched alkanes of at least 4 members (excludes halogenated alkanes) is 1. The third kappa shape index (κ3) is 2.17. The van der Waals surface area contributed by atoms with Crippen molar-refractivity contribution in [3.8, 4) is 0 Å². The van der Waals surface area contributed by atoms with E-state index in [2.05, 4.69) is 47.7 Å². The van der Waals surface area contributed by atoms with Crippen LogP contribution < -0.4 is 4.90 Å². The van der Waals surface area contributed by atoms with Gasteiger partial charge in [-0.15, -0.1) is 0 Å². The highest BCUT2D eigenvalue weighted by Gasteiger charge is 2.26. The summed E-state index contributed by atoms with van der Waals surface area (Å²) in [6.07, 6.45) is 2.79. The van der Waals surface area contributed by atoms with E-state index in [1.54, 1.807) is 0 Å². The van der Waals surface area contributed by atoms with Crippen LogP contribution >= 0.6 is 22.6 Å². The molecule has 1 aromatic rings. The number of anilines is 1. The summed E-state index contributed by atoms with van der Waals surface area (Å²) in [5.41, 5.74) is 2.30. The van der Waals surface area contributed by atoms with Crippen molar-refractivity contribution in [1.82, 2.24) is 0 Å². The molecule has 0 aliphatic carbocycles. The number of carbonyl (C=O) groups is 1. The van der Waals surface area contributed by atoms with Crippen LogP contribution in [0.5, 0.6) is 0 Å². The fourth-order valence-corrected chi connectivity index (χ4v) is 2.47. The number of amides is 1. The van der Waals surface area contributed by atoms with Gasteiger partial charge in [0, 0.05) is 15.8 Å². The Labute approximate surface area is 104 Å². The summed E-state index contributed by atoms with van der Waals surface area (Å²) in [6, 6.07) is 6.24. The van der Waals surface area contributed by atoms with E-state index in [1.807, 2.05) is 4.90 Å². The van der Waals surface area contributed by atoms with Gasteiger partial charge in [-0.25, -0.2) is 0 Å². The minimum Gasteiger partial charge on any atom is -0.312 e. The van der Waals surface area contributed by atoms with Crippen LogP contribution in [0.1, 0.15) is 25.3 Å². The minimum atomic E-state index is 0.250. The largest absolute Gasteiger partial charge is 0.312 e. The van der Waals surface area contributed by atoms with E-state index >= 15 is 0 Å². The molecule has 1 heterocycles. The number of benzene rings is 1. The van der Waals surface area contributed by atoms with Gasteiger partial charge in [0.1, 0.15) is 0 Å². The lowest BCUT2D eigenvalue weighted by molar-refractivity contribution is -0.117. The van der Waals surface area contributed by atoms with Crippen LogP contribution in [0.4, 0.5) is 5.69 Å². The molecular formula is C12H14INO. The Balaban J connectivity index is 2.25. The van der Waals surface area contributed by atoms with Crippen LogP contribution in [0.25, 0.3) is 0 Å². The van der Waals surface area contributed by atoms with E-state index in [0.29, 0.717) is 6.42 Å². The van der Waals surface area contributed by atoms with Crippen molar-refractivity contribution < 1.29 is 4.79 Å². The second kappa shape index (κ2) is 4.51. The van der Waals surface area contributed by atoms with Gasteiger partial charge in [-0.1, -0.05) is 13.3 Å². The molecule has 1 amide bonds. The predicted molar refractivity (Wildman–Crippen MR) is 70.1 cm³/mol. The lowest BCUT2D eigenvalue weighted by Gasteiger charge is -2.16. The molecule has 0 fully saturated rings. The Morgan fingerprint density at radius 2 is 2.27 bits per heavy atom. The zero-order chi connectivity index (χ0) is 10.8. The van der Waals surface area contributed by atoms with E-state index in [1.165, 1.54) is 9.13 Å². The summed E-state index contributed by atoms with van der Waals surface area (Å²) in [5.74, 6) is 0.250. The fraction of sp³-hybridized carbons (Fsp3) is 0.417. The first kappa shape index (κ1) is 10.9. The summed E-state index contributed by atoms with van der Waals surface area (Å²) in [5, 5.41) is 0. The summed E-state index contributed by atoms with van der Waals surface area (Å²) in [6.45, 7) is 3.01. The summed E-state index contributed by atoms with van der Waals surface area (Å²) >= 11 is 2.29. The number of nitrogens with zero attached hydrogens (tertiary/aromatic N) is 1. The number of fused-ring (bicyclic) bond motifs is 1. The zero-order valence-corrected chi connectivity index (χ0v) is 11.0. The molecule has 0 spiro atoms. The van der Waals surface area contributed by atoms with Crippen molar-refractivity contribution >= 4 is 34.2 Å². The smallest absolute Gasteiger partial charge is 0.231 e. The van der Waals surface area contributed by atoms with Gasteiger partial charge in [-0.05, 0) is 52.8 Å². The molecule has 0 saturated heterocycles. The van der Waals surface area contributed by atoms with Crippen LogP contribution in [0.15, 0.2) is 18.2 Å². The fourth-order valence-electron chi connectivity index (χ4n) is 1.91. The van der Waals surface area contributed by atoms with Crippen molar-refractivity contribution in [1.29, 1.82) is 0 Å². The third-order valence-electron chi connectivity index (χ3n) is 2.71. The van der Waals surface area contributed by atoms with Crippen LogP contribution in [-0.2, 0) is 11.2 Å². The Morgan fingerprint density at radius 3 is 3.00 bits per heavy atom. The highest BCUT2D eigenvalue weighted by Crippen LogP contribution is 2.30. The topological polar surface area (TPSA) is 20.3 Å². The molecule has 0 unspecified atom stereocenters. The van der Waals surface area contributed by atoms with Crippen molar-refractivity contribution in [3.05, 3.63) is 27.3 Å². The Morgan fingerprint density at radius 1 is 1.47 bits per heavy atom. The molecule has 1 aliphatic heterocycles. The van der Waals surface area contributed by atoms with E-state index in [9.17, 15) is 4.79 Å². The number of rotatable bonds is 3. The van der Waals surface area contributed by atoms with Gasteiger partial charge in [-0.2, -0.15) is 0 Å². The quantitative estimate of drug-likeness (QED) is 0.785. The van der Waals surface area contributed by atoms with E-state index < -0.39 is 0 Å². The maximum Gasteiger partial charge on any atom is 0.231 e. The molecule has 2 nitrogen and oxygen atoms in total. The molecule has 15 heavy (non-hydrogen) atoms. The molecule has 80 valence electrons. The third-order valence-corrected chi connectivity index (χ3v) is 3.38. The van der Waals surface area contributed by atoms with E-state index in [0.717, 1.165) is 25.1 Å². The lowest BCUT2D eigenvalue weighted by Crippen LogP contribution is -2.27. The minimum absolute atomic E-state index is 0.250. The summed E-state index contributed by atoms with van der Waals surface area (Å²) in [4.78, 5) is 13.7. The van der Waals surface area contributed by atoms with Gasteiger partial charge in [0.25, 0.3) is 0 Å². The first-order valence-corrected chi connectivity index (χ1v) is 6.39. The van der Waals surface area contributed by atoms with Crippen LogP contribution in [-0.4, -0.2) is 12.5 Å². The highest BCUT2D eigenvalue weighted by atomic mass is 127. The average molecular weight is 315 g/mol. The first-order valence-electron chi connectivity index (χ1n) is 5.31. The molecule has 1 aliphatic rings. The standard InChI is InChI=1S/C12H14INO/c1-2-3-6-14-11-5-4-10(13)7-9(11)8-12(14)15/h4-5,7H,2-3,6,8H2,1H3. The molecule has 2 rings (SSSR count).